The van der Waals surface area contributed by atoms with Crippen molar-refractivity contribution in [1.82, 2.24) is 4.98 Å². The van der Waals surface area contributed by atoms with E-state index in [2.05, 4.69) is 9.98 Å². The van der Waals surface area contributed by atoms with E-state index in [0.717, 1.165) is 11.1 Å². The van der Waals surface area contributed by atoms with Crippen molar-refractivity contribution in [3.05, 3.63) is 76.3 Å². The number of halogens is 1. The number of hydrogen-bond donors (Lipinski definition) is 2. The molecule has 3 aromatic rings. The smallest absolute Gasteiger partial charge is 0.280 e. The summed E-state index contributed by atoms with van der Waals surface area (Å²) in [5, 5.41) is 10.9. The number of benzene rings is 2. The molecule has 1 aromatic heterocycles. The van der Waals surface area contributed by atoms with Gasteiger partial charge in [0, 0.05) is 16.1 Å². The first-order chi connectivity index (χ1) is 11.1. The van der Waals surface area contributed by atoms with Crippen LogP contribution in [0.25, 0.3) is 11.3 Å². The van der Waals surface area contributed by atoms with Crippen LogP contribution in [-0.4, -0.2) is 21.7 Å². The third-order valence-corrected chi connectivity index (χ3v) is 4.04. The number of aromatic nitrogens is 1. The monoisotopic (exact) mass is 322 g/mol. The first kappa shape index (κ1) is 13.8. The van der Waals surface area contributed by atoms with Crippen molar-refractivity contribution in [3.8, 4) is 17.1 Å². The minimum atomic E-state index is -0.370. The Bertz CT molecular complexity index is 958. The van der Waals surface area contributed by atoms with Crippen molar-refractivity contribution in [1.29, 1.82) is 0 Å². The Morgan fingerprint density at radius 3 is 2.43 bits per heavy atom. The zero-order valence-corrected chi connectivity index (χ0v) is 12.6. The fraction of sp³-hybridized carbons (Fsp3) is 0. The lowest BCUT2D eigenvalue weighted by molar-refractivity contribution is 0.101. The number of aromatic amines is 1. The van der Waals surface area contributed by atoms with E-state index in [1.807, 2.05) is 36.4 Å². The van der Waals surface area contributed by atoms with E-state index >= 15 is 0 Å². The van der Waals surface area contributed by atoms with Gasteiger partial charge in [-0.05, 0) is 12.1 Å². The second-order valence-electron chi connectivity index (χ2n) is 5.24. The maximum absolute atomic E-state index is 12.4. The normalized spacial score (nSPS) is 13.1. The molecule has 0 spiro atoms. The third-order valence-electron chi connectivity index (χ3n) is 3.80. The van der Waals surface area contributed by atoms with Crippen LogP contribution < -0.4 is 0 Å². The van der Waals surface area contributed by atoms with Crippen molar-refractivity contribution in [2.24, 2.45) is 4.99 Å². The Labute approximate surface area is 137 Å². The lowest BCUT2D eigenvalue weighted by atomic mass is 10.0. The van der Waals surface area contributed by atoms with Gasteiger partial charge >= 0.3 is 0 Å². The third kappa shape index (κ3) is 2.15. The van der Waals surface area contributed by atoms with Gasteiger partial charge in [-0.2, -0.15) is 0 Å². The molecule has 4 rings (SSSR count). The summed E-state index contributed by atoms with van der Waals surface area (Å²) in [5.41, 5.74) is 3.34. The molecule has 112 valence electrons. The zero-order valence-electron chi connectivity index (χ0n) is 11.9. The predicted octanol–water partition coefficient (Wildman–Crippen LogP) is 4.03. The highest BCUT2D eigenvalue weighted by molar-refractivity contribution is 6.32. The SMILES string of the molecule is O=C1N=C(c2ccccc2)c2c(O)[nH]c(-c3cccc(Cl)c3)c21. The van der Waals surface area contributed by atoms with Gasteiger partial charge in [-0.1, -0.05) is 54.1 Å². The van der Waals surface area contributed by atoms with Crippen molar-refractivity contribution in [3.63, 3.8) is 0 Å². The molecule has 0 saturated carbocycles. The number of H-pyrrole nitrogens is 1. The molecule has 1 aliphatic heterocycles. The largest absolute Gasteiger partial charge is 0.494 e. The molecule has 0 aliphatic carbocycles. The van der Waals surface area contributed by atoms with Gasteiger partial charge in [0.05, 0.1) is 22.5 Å². The number of carbonyl (C=O) groups is 1. The number of amides is 1. The number of aromatic hydroxyl groups is 1. The highest BCUT2D eigenvalue weighted by atomic mass is 35.5. The number of fused-ring (bicyclic) bond motifs is 1. The molecule has 0 bridgehead atoms. The lowest BCUT2D eigenvalue weighted by Gasteiger charge is -2.00. The van der Waals surface area contributed by atoms with E-state index in [1.54, 1.807) is 18.2 Å². The van der Waals surface area contributed by atoms with Crippen molar-refractivity contribution in [2.45, 2.75) is 0 Å². The molecule has 0 radical (unpaired) electrons. The maximum atomic E-state index is 12.4. The molecule has 0 fully saturated rings. The van der Waals surface area contributed by atoms with Crippen molar-refractivity contribution in [2.75, 3.05) is 0 Å². The number of hydrogen-bond acceptors (Lipinski definition) is 2. The maximum Gasteiger partial charge on any atom is 0.280 e. The number of rotatable bonds is 2. The average molecular weight is 323 g/mol. The zero-order chi connectivity index (χ0) is 16.0. The van der Waals surface area contributed by atoms with E-state index in [-0.39, 0.29) is 11.8 Å². The molecule has 5 heteroatoms. The number of aliphatic imine (C=N–C) groups is 1. The first-order valence-electron chi connectivity index (χ1n) is 7.05. The molecule has 0 unspecified atom stereocenters. The molecule has 1 aliphatic rings. The summed E-state index contributed by atoms with van der Waals surface area (Å²) in [6, 6.07) is 16.4. The Morgan fingerprint density at radius 2 is 1.70 bits per heavy atom. The molecular formula is C18H11ClN2O2. The van der Waals surface area contributed by atoms with Crippen LogP contribution in [0.15, 0.2) is 59.6 Å². The summed E-state index contributed by atoms with van der Waals surface area (Å²) >= 11 is 6.02. The quantitative estimate of drug-likeness (QED) is 0.748. The van der Waals surface area contributed by atoms with Crippen molar-refractivity contribution < 1.29 is 9.90 Å². The second kappa shape index (κ2) is 5.11. The average Bonchev–Trinajstić information content (AvgIpc) is 3.08. The minimum Gasteiger partial charge on any atom is -0.494 e. The van der Waals surface area contributed by atoms with Crippen LogP contribution in [0.2, 0.25) is 5.02 Å². The molecule has 23 heavy (non-hydrogen) atoms. The van der Waals surface area contributed by atoms with Gasteiger partial charge in [0.25, 0.3) is 5.91 Å². The van der Waals surface area contributed by atoms with Crippen molar-refractivity contribution >= 4 is 23.2 Å². The van der Waals surface area contributed by atoms with Gasteiger partial charge in [-0.25, -0.2) is 4.99 Å². The molecule has 1 amide bonds. The minimum absolute atomic E-state index is 0.0663. The second-order valence-corrected chi connectivity index (χ2v) is 5.68. The van der Waals surface area contributed by atoms with Crippen LogP contribution in [0.1, 0.15) is 21.5 Å². The number of carbonyl (C=O) groups excluding carboxylic acids is 1. The van der Waals surface area contributed by atoms with E-state index in [9.17, 15) is 9.90 Å². The summed E-state index contributed by atoms with van der Waals surface area (Å²) < 4.78 is 0. The summed E-state index contributed by atoms with van der Waals surface area (Å²) in [6.45, 7) is 0. The van der Waals surface area contributed by atoms with Crippen LogP contribution in [0, 0.1) is 0 Å². The lowest BCUT2D eigenvalue weighted by Crippen LogP contribution is -1.99. The van der Waals surface area contributed by atoms with Gasteiger partial charge in [-0.15, -0.1) is 0 Å². The molecular weight excluding hydrogens is 312 g/mol. The predicted molar refractivity (Wildman–Crippen MR) is 89.3 cm³/mol. The van der Waals surface area contributed by atoms with Crippen LogP contribution >= 0.6 is 11.6 Å². The van der Waals surface area contributed by atoms with Gasteiger partial charge in [0.15, 0.2) is 5.88 Å². The van der Waals surface area contributed by atoms with Crippen LogP contribution in [0.5, 0.6) is 5.88 Å². The Morgan fingerprint density at radius 1 is 0.957 bits per heavy atom. The summed E-state index contributed by atoms with van der Waals surface area (Å²) in [6.07, 6.45) is 0. The molecule has 2 heterocycles. The number of nitrogens with one attached hydrogen (secondary N) is 1. The van der Waals surface area contributed by atoms with Crippen LogP contribution in [0.3, 0.4) is 0 Å². The van der Waals surface area contributed by atoms with Crippen LogP contribution in [0.4, 0.5) is 0 Å². The van der Waals surface area contributed by atoms with Gasteiger partial charge in [0.2, 0.25) is 0 Å². The molecule has 4 nitrogen and oxygen atoms in total. The van der Waals surface area contributed by atoms with E-state index in [0.29, 0.717) is 27.6 Å². The highest BCUT2D eigenvalue weighted by Crippen LogP contribution is 2.38. The van der Waals surface area contributed by atoms with Gasteiger partial charge in [0.1, 0.15) is 0 Å². The fourth-order valence-electron chi connectivity index (χ4n) is 2.81. The highest BCUT2D eigenvalue weighted by Gasteiger charge is 2.33. The number of nitrogens with zero attached hydrogens (tertiary/aromatic N) is 1. The Kier molecular flexibility index (Phi) is 3.06. The fourth-order valence-corrected chi connectivity index (χ4v) is 3.00. The van der Waals surface area contributed by atoms with Gasteiger partial charge < -0.3 is 10.1 Å². The molecule has 2 N–H and O–H groups in total. The van der Waals surface area contributed by atoms with E-state index in [4.69, 9.17) is 11.6 Å². The summed E-state index contributed by atoms with van der Waals surface area (Å²) in [7, 11) is 0. The topological polar surface area (TPSA) is 65.4 Å². The van der Waals surface area contributed by atoms with Crippen LogP contribution in [-0.2, 0) is 0 Å². The van der Waals surface area contributed by atoms with E-state index in [1.165, 1.54) is 0 Å². The molecule has 0 saturated heterocycles. The Balaban J connectivity index is 1.92. The molecule has 2 aromatic carbocycles. The Hall–Kier alpha value is -2.85. The summed E-state index contributed by atoms with van der Waals surface area (Å²) in [4.78, 5) is 19.4. The first-order valence-corrected chi connectivity index (χ1v) is 7.42. The standard InChI is InChI=1S/C18H11ClN2O2/c19-12-8-4-7-11(9-12)16-14-13(17(22)21-16)15(20-18(14)23)10-5-2-1-3-6-10/h1-9,21-22H. The van der Waals surface area contributed by atoms with E-state index < -0.39 is 0 Å². The summed E-state index contributed by atoms with van der Waals surface area (Å²) in [5.74, 6) is -0.436. The molecule has 0 atom stereocenters. The van der Waals surface area contributed by atoms with Gasteiger partial charge in [-0.3, -0.25) is 4.79 Å².